The second kappa shape index (κ2) is 10.4. The monoisotopic (exact) mass is 444 g/mol. The minimum absolute atomic E-state index is 0.228. The Morgan fingerprint density at radius 2 is 1.65 bits per heavy atom. The van der Waals surface area contributed by atoms with E-state index in [0.29, 0.717) is 23.4 Å². The van der Waals surface area contributed by atoms with Crippen LogP contribution in [0.5, 0.6) is 0 Å². The van der Waals surface area contributed by atoms with Crippen LogP contribution in [0.4, 0.5) is 5.69 Å². The summed E-state index contributed by atoms with van der Waals surface area (Å²) in [5, 5.41) is 2.69. The first-order valence-corrected chi connectivity index (χ1v) is 11.3. The fraction of sp³-hybridized carbons (Fsp3) is 0.304. The van der Waals surface area contributed by atoms with E-state index in [9.17, 15) is 18.0 Å². The van der Waals surface area contributed by atoms with Crippen molar-refractivity contribution in [2.75, 3.05) is 25.5 Å². The van der Waals surface area contributed by atoms with Crippen molar-refractivity contribution in [1.29, 1.82) is 0 Å². The fourth-order valence-corrected chi connectivity index (χ4v) is 4.78. The number of esters is 1. The zero-order valence-corrected chi connectivity index (χ0v) is 19.2. The maximum atomic E-state index is 13.0. The molecule has 0 fully saturated rings. The first kappa shape index (κ1) is 24.3. The number of hydrogen-bond donors (Lipinski definition) is 1. The summed E-state index contributed by atoms with van der Waals surface area (Å²) in [5.41, 5.74) is 3.56. The minimum atomic E-state index is -3.81. The third-order valence-electron chi connectivity index (χ3n) is 4.53. The Kier molecular flexibility index (Phi) is 8.13. The highest BCUT2D eigenvalue weighted by Crippen LogP contribution is 2.24. The van der Waals surface area contributed by atoms with Crippen molar-refractivity contribution in [2.45, 2.75) is 32.6 Å². The Morgan fingerprint density at radius 3 is 2.19 bits per heavy atom. The minimum Gasteiger partial charge on any atom is -0.463 e. The number of rotatable bonds is 8. The van der Waals surface area contributed by atoms with Crippen LogP contribution in [0.1, 0.15) is 29.2 Å². The van der Waals surface area contributed by atoms with Crippen molar-refractivity contribution in [3.05, 3.63) is 64.7 Å². The lowest BCUT2D eigenvalue weighted by Gasteiger charge is -2.20. The first-order chi connectivity index (χ1) is 14.5. The largest absolute Gasteiger partial charge is 0.463 e. The molecule has 0 atom stereocenters. The van der Waals surface area contributed by atoms with Gasteiger partial charge in [0.05, 0.1) is 18.0 Å². The van der Waals surface area contributed by atoms with E-state index in [4.69, 9.17) is 4.74 Å². The topological polar surface area (TPSA) is 92.8 Å². The lowest BCUT2D eigenvalue weighted by atomic mass is 10.1. The van der Waals surface area contributed by atoms with Crippen molar-refractivity contribution in [3.63, 3.8) is 0 Å². The van der Waals surface area contributed by atoms with Gasteiger partial charge in [-0.05, 0) is 62.6 Å². The zero-order chi connectivity index (χ0) is 23.2. The van der Waals surface area contributed by atoms with Gasteiger partial charge in [0.2, 0.25) is 15.9 Å². The van der Waals surface area contributed by atoms with Crippen LogP contribution in [0.15, 0.2) is 47.4 Å². The Morgan fingerprint density at radius 1 is 1.06 bits per heavy atom. The number of aryl methyl sites for hydroxylation is 3. The van der Waals surface area contributed by atoms with E-state index >= 15 is 0 Å². The van der Waals surface area contributed by atoms with Crippen molar-refractivity contribution < 1.29 is 22.7 Å². The lowest BCUT2D eigenvalue weighted by molar-refractivity contribution is -0.137. The summed E-state index contributed by atoms with van der Waals surface area (Å²) in [4.78, 5) is 24.0. The number of anilines is 1. The van der Waals surface area contributed by atoms with Crippen LogP contribution in [0.2, 0.25) is 0 Å². The molecule has 0 aliphatic carbocycles. The number of ether oxygens (including phenoxy) is 1. The van der Waals surface area contributed by atoms with E-state index in [0.717, 1.165) is 15.4 Å². The lowest BCUT2D eigenvalue weighted by Crippen LogP contribution is -2.35. The number of nitrogens with zero attached hydrogens (tertiary/aromatic N) is 1. The van der Waals surface area contributed by atoms with E-state index in [2.05, 4.69) is 5.32 Å². The maximum Gasteiger partial charge on any atom is 0.330 e. The summed E-state index contributed by atoms with van der Waals surface area (Å²) in [6, 6.07) is 10.4. The third kappa shape index (κ3) is 6.50. The second-order valence-electron chi connectivity index (χ2n) is 7.24. The Hall–Kier alpha value is -2.97. The third-order valence-corrected chi connectivity index (χ3v) is 6.64. The van der Waals surface area contributed by atoms with Crippen LogP contribution in [-0.4, -0.2) is 44.8 Å². The predicted molar refractivity (Wildman–Crippen MR) is 121 cm³/mol. The van der Waals surface area contributed by atoms with Gasteiger partial charge in [0.25, 0.3) is 0 Å². The molecule has 0 bridgehead atoms. The molecular formula is C23H28N2O5S. The van der Waals surface area contributed by atoms with Crippen LogP contribution in [0.25, 0.3) is 6.08 Å². The van der Waals surface area contributed by atoms with E-state index in [1.165, 1.54) is 13.1 Å². The van der Waals surface area contributed by atoms with E-state index in [1.54, 1.807) is 51.1 Å². The van der Waals surface area contributed by atoms with Crippen molar-refractivity contribution in [1.82, 2.24) is 4.31 Å². The molecule has 1 N–H and O–H groups in total. The quantitative estimate of drug-likeness (QED) is 0.497. The molecule has 8 heteroatoms. The number of carbonyl (C=O) groups excluding carboxylic acids is 2. The highest BCUT2D eigenvalue weighted by Gasteiger charge is 2.26. The SMILES string of the molecule is CCOC(=O)C=Cc1ccc(NC(=O)CN(C)S(=O)(=O)c2c(C)cc(C)cc2C)cc1. The van der Waals surface area contributed by atoms with Gasteiger partial charge in [0.15, 0.2) is 0 Å². The molecule has 0 saturated heterocycles. The van der Waals surface area contributed by atoms with Gasteiger partial charge in [-0.1, -0.05) is 29.8 Å². The summed E-state index contributed by atoms with van der Waals surface area (Å²) in [6.07, 6.45) is 2.93. The molecular weight excluding hydrogens is 416 g/mol. The highest BCUT2D eigenvalue weighted by molar-refractivity contribution is 7.89. The molecule has 166 valence electrons. The van der Waals surface area contributed by atoms with Crippen LogP contribution in [0.3, 0.4) is 0 Å². The van der Waals surface area contributed by atoms with E-state index in [-0.39, 0.29) is 11.4 Å². The molecule has 0 aliphatic rings. The van der Waals surface area contributed by atoms with Gasteiger partial charge in [-0.3, -0.25) is 4.79 Å². The molecule has 0 unspecified atom stereocenters. The average molecular weight is 445 g/mol. The smallest absolute Gasteiger partial charge is 0.330 e. The zero-order valence-electron chi connectivity index (χ0n) is 18.4. The molecule has 2 aromatic rings. The van der Waals surface area contributed by atoms with Gasteiger partial charge < -0.3 is 10.1 Å². The molecule has 31 heavy (non-hydrogen) atoms. The molecule has 0 aliphatic heterocycles. The van der Waals surface area contributed by atoms with Gasteiger partial charge in [-0.25, -0.2) is 13.2 Å². The number of hydrogen-bond acceptors (Lipinski definition) is 5. The molecule has 0 spiro atoms. The van der Waals surface area contributed by atoms with Crippen LogP contribution >= 0.6 is 0 Å². The predicted octanol–water partition coefficient (Wildman–Crippen LogP) is 3.45. The van der Waals surface area contributed by atoms with Crippen molar-refractivity contribution in [2.24, 2.45) is 0 Å². The molecule has 0 saturated carbocycles. The molecule has 7 nitrogen and oxygen atoms in total. The summed E-state index contributed by atoms with van der Waals surface area (Å²) in [5.74, 6) is -0.883. The van der Waals surface area contributed by atoms with Gasteiger partial charge in [0.1, 0.15) is 0 Å². The van der Waals surface area contributed by atoms with Crippen molar-refractivity contribution in [3.8, 4) is 0 Å². The number of benzene rings is 2. The van der Waals surface area contributed by atoms with Crippen molar-refractivity contribution >= 4 is 33.7 Å². The van der Waals surface area contributed by atoms with E-state index in [1.807, 2.05) is 19.1 Å². The Labute approximate surface area is 183 Å². The van der Waals surface area contributed by atoms with Crippen LogP contribution in [0, 0.1) is 20.8 Å². The molecule has 1 amide bonds. The highest BCUT2D eigenvalue weighted by atomic mass is 32.2. The van der Waals surface area contributed by atoms with Gasteiger partial charge >= 0.3 is 5.97 Å². The number of sulfonamides is 1. The molecule has 2 aromatic carbocycles. The normalized spacial score (nSPS) is 11.7. The summed E-state index contributed by atoms with van der Waals surface area (Å²) in [7, 11) is -2.43. The number of carbonyl (C=O) groups is 2. The second-order valence-corrected chi connectivity index (χ2v) is 9.23. The molecule has 0 heterocycles. The van der Waals surface area contributed by atoms with E-state index < -0.39 is 21.9 Å². The van der Waals surface area contributed by atoms with Gasteiger partial charge in [-0.2, -0.15) is 4.31 Å². The Bertz CT molecular complexity index is 1070. The molecule has 0 aromatic heterocycles. The number of amides is 1. The first-order valence-electron chi connectivity index (χ1n) is 9.83. The fourth-order valence-electron chi connectivity index (χ4n) is 3.25. The maximum absolute atomic E-state index is 13.0. The number of likely N-dealkylation sites (N-methyl/N-ethyl adjacent to an activating group) is 1. The van der Waals surface area contributed by atoms with Gasteiger partial charge in [-0.15, -0.1) is 0 Å². The molecule has 0 radical (unpaired) electrons. The number of nitrogens with one attached hydrogen (secondary N) is 1. The van der Waals surface area contributed by atoms with Crippen LogP contribution in [-0.2, 0) is 24.3 Å². The van der Waals surface area contributed by atoms with Gasteiger partial charge in [0, 0.05) is 18.8 Å². The standard InChI is InChI=1S/C23H28N2O5S/c1-6-30-22(27)12-9-19-7-10-20(11-8-19)24-21(26)15-25(5)31(28,29)23-17(3)13-16(2)14-18(23)4/h7-14H,6,15H2,1-5H3,(H,24,26). The Balaban J connectivity index is 2.04. The average Bonchev–Trinajstić information content (AvgIpc) is 2.66. The molecule has 2 rings (SSSR count). The van der Waals surface area contributed by atoms with Crippen LogP contribution < -0.4 is 5.32 Å². The summed E-state index contributed by atoms with van der Waals surface area (Å²) >= 11 is 0. The summed E-state index contributed by atoms with van der Waals surface area (Å²) < 4.78 is 31.8. The summed E-state index contributed by atoms with van der Waals surface area (Å²) in [6.45, 7) is 7.12.